The molecule has 0 spiro atoms. The van der Waals surface area contributed by atoms with Gasteiger partial charge in [-0.3, -0.25) is 0 Å². The van der Waals surface area contributed by atoms with Crippen molar-refractivity contribution in [2.75, 3.05) is 0 Å². The molecule has 0 heterocycles. The van der Waals surface area contributed by atoms with Crippen molar-refractivity contribution in [1.82, 2.24) is 0 Å². The molecule has 0 aliphatic heterocycles. The van der Waals surface area contributed by atoms with Gasteiger partial charge in [0.1, 0.15) is 0 Å². The third kappa shape index (κ3) is 19.7. The third-order valence-corrected chi connectivity index (χ3v) is 5.82. The van der Waals surface area contributed by atoms with Crippen LogP contribution in [0.1, 0.15) is 128 Å². The molecule has 0 N–H and O–H groups in total. The van der Waals surface area contributed by atoms with Gasteiger partial charge in [0.25, 0.3) is 0 Å². The van der Waals surface area contributed by atoms with E-state index in [0.29, 0.717) is 0 Å². The fourth-order valence-corrected chi connectivity index (χ4v) is 3.96. The fourth-order valence-electron chi connectivity index (χ4n) is 3.96. The molecule has 0 aromatic rings. The summed E-state index contributed by atoms with van der Waals surface area (Å²) in [4.78, 5) is 0. The van der Waals surface area contributed by atoms with Crippen molar-refractivity contribution in [2.24, 2.45) is 0 Å². The Bertz CT molecular complexity index is 370. The molecular formula is C28H48. The molecule has 0 radical (unpaired) electrons. The zero-order valence-corrected chi connectivity index (χ0v) is 18.8. The number of hydrogen-bond acceptors (Lipinski definition) is 0. The smallest absolute Gasteiger partial charge is 0.0348 e. The van der Waals surface area contributed by atoms with E-state index in [-0.39, 0.29) is 0 Å². The average molecular weight is 385 g/mol. The molecule has 0 aromatic heterocycles. The molecule has 0 unspecified atom stereocenters. The second-order valence-electron chi connectivity index (χ2n) is 8.57. The molecule has 0 aromatic carbocycles. The Balaban J connectivity index is 2.17. The number of rotatable bonds is 0. The van der Waals surface area contributed by atoms with Gasteiger partial charge < -0.3 is 0 Å². The third-order valence-electron chi connectivity index (χ3n) is 5.82. The maximum Gasteiger partial charge on any atom is -0.0348 e. The zero-order valence-electron chi connectivity index (χ0n) is 18.8. The average Bonchev–Trinajstić information content (AvgIpc) is 2.71. The predicted molar refractivity (Wildman–Crippen MR) is 129 cm³/mol. The van der Waals surface area contributed by atoms with Crippen molar-refractivity contribution in [3.8, 4) is 0 Å². The standard InChI is InChI=1S/C28H48/c1-2-4-6-8-10-12-14-16-18-20-22-24-26-28-27-25-23-21-19-17-15-13-11-9-7-5-3-1/h1-8H,9-28H2/b3-1-,4-2-,7-5-,8-6?. The molecule has 0 amide bonds. The van der Waals surface area contributed by atoms with Gasteiger partial charge in [-0.25, -0.2) is 0 Å². The van der Waals surface area contributed by atoms with Gasteiger partial charge in [-0.15, -0.1) is 0 Å². The summed E-state index contributed by atoms with van der Waals surface area (Å²) in [6.45, 7) is 0. The summed E-state index contributed by atoms with van der Waals surface area (Å²) in [6, 6.07) is 0. The molecular weight excluding hydrogens is 336 g/mol. The van der Waals surface area contributed by atoms with Crippen LogP contribution in [0.25, 0.3) is 0 Å². The topological polar surface area (TPSA) is 0 Å². The summed E-state index contributed by atoms with van der Waals surface area (Å²) in [5, 5.41) is 0. The van der Waals surface area contributed by atoms with E-state index >= 15 is 0 Å². The second kappa shape index (κ2) is 22.3. The Morgan fingerprint density at radius 1 is 0.214 bits per heavy atom. The van der Waals surface area contributed by atoms with Gasteiger partial charge in [0, 0.05) is 0 Å². The zero-order chi connectivity index (χ0) is 19.8. The van der Waals surface area contributed by atoms with Crippen LogP contribution in [0.15, 0.2) is 48.6 Å². The Morgan fingerprint density at radius 3 is 0.714 bits per heavy atom. The SMILES string of the molecule is C1=CCCCCCCCCCCCCCCCCCCCC\C=C/C=C\C=C/1. The first-order chi connectivity index (χ1) is 14.0. The minimum Gasteiger partial charge on any atom is -0.0845 e. The summed E-state index contributed by atoms with van der Waals surface area (Å²) in [6.07, 6.45) is 46.0. The highest BCUT2D eigenvalue weighted by Gasteiger charge is 1.95. The van der Waals surface area contributed by atoms with Crippen molar-refractivity contribution in [3.63, 3.8) is 0 Å². The highest BCUT2D eigenvalue weighted by Crippen LogP contribution is 2.15. The summed E-state index contributed by atoms with van der Waals surface area (Å²) >= 11 is 0. The predicted octanol–water partition coefficient (Wildman–Crippen LogP) is 10.0. The van der Waals surface area contributed by atoms with Crippen LogP contribution < -0.4 is 0 Å². The number of allylic oxidation sites excluding steroid dienone is 8. The lowest BCUT2D eigenvalue weighted by Crippen LogP contribution is -1.84. The first-order valence-electron chi connectivity index (χ1n) is 12.6. The highest BCUT2D eigenvalue weighted by molar-refractivity contribution is 5.15. The van der Waals surface area contributed by atoms with Crippen molar-refractivity contribution in [2.45, 2.75) is 128 Å². The van der Waals surface area contributed by atoms with Crippen molar-refractivity contribution in [1.29, 1.82) is 0 Å². The van der Waals surface area contributed by atoms with Crippen LogP contribution in [0.3, 0.4) is 0 Å². The molecule has 0 fully saturated rings. The quantitative estimate of drug-likeness (QED) is 0.389. The van der Waals surface area contributed by atoms with Crippen LogP contribution in [0, 0.1) is 0 Å². The van der Waals surface area contributed by atoms with Crippen molar-refractivity contribution in [3.05, 3.63) is 48.6 Å². The van der Waals surface area contributed by atoms with E-state index in [4.69, 9.17) is 0 Å². The second-order valence-corrected chi connectivity index (χ2v) is 8.57. The molecule has 0 nitrogen and oxygen atoms in total. The first kappa shape index (κ1) is 25.0. The minimum absolute atomic E-state index is 1.23. The molecule has 28 heavy (non-hydrogen) atoms. The van der Waals surface area contributed by atoms with E-state index in [2.05, 4.69) is 48.6 Å². The molecule has 0 saturated carbocycles. The molecule has 0 bridgehead atoms. The fraction of sp³-hybridized carbons (Fsp3) is 0.714. The molecule has 1 aliphatic rings. The molecule has 160 valence electrons. The van der Waals surface area contributed by atoms with Crippen LogP contribution in [0.4, 0.5) is 0 Å². The Hall–Kier alpha value is -1.04. The van der Waals surface area contributed by atoms with E-state index in [1.165, 1.54) is 128 Å². The number of hydrogen-bond donors (Lipinski definition) is 0. The first-order valence-corrected chi connectivity index (χ1v) is 12.6. The lowest BCUT2D eigenvalue weighted by atomic mass is 10.0. The van der Waals surface area contributed by atoms with Crippen LogP contribution in [-0.2, 0) is 0 Å². The van der Waals surface area contributed by atoms with Crippen LogP contribution in [0.2, 0.25) is 0 Å². The van der Waals surface area contributed by atoms with Crippen LogP contribution in [-0.4, -0.2) is 0 Å². The normalized spacial score (nSPS) is 25.1. The van der Waals surface area contributed by atoms with Crippen LogP contribution >= 0.6 is 0 Å². The van der Waals surface area contributed by atoms with E-state index in [9.17, 15) is 0 Å². The maximum absolute atomic E-state index is 2.31. The summed E-state index contributed by atoms with van der Waals surface area (Å²) in [7, 11) is 0. The monoisotopic (exact) mass is 384 g/mol. The van der Waals surface area contributed by atoms with Gasteiger partial charge in [-0.1, -0.05) is 151 Å². The highest BCUT2D eigenvalue weighted by atomic mass is 14.0. The van der Waals surface area contributed by atoms with E-state index in [0.717, 1.165) is 0 Å². The summed E-state index contributed by atoms with van der Waals surface area (Å²) < 4.78 is 0. The Kier molecular flexibility index (Phi) is 19.9. The maximum atomic E-state index is 2.31. The molecule has 1 rings (SSSR count). The van der Waals surface area contributed by atoms with Crippen LogP contribution in [0.5, 0.6) is 0 Å². The van der Waals surface area contributed by atoms with Gasteiger partial charge in [0.15, 0.2) is 0 Å². The largest absolute Gasteiger partial charge is 0.0845 e. The van der Waals surface area contributed by atoms with Gasteiger partial charge in [-0.05, 0) is 25.7 Å². The van der Waals surface area contributed by atoms with Gasteiger partial charge >= 0.3 is 0 Å². The Labute approximate surface area is 177 Å². The van der Waals surface area contributed by atoms with Gasteiger partial charge in [-0.2, -0.15) is 0 Å². The lowest BCUT2D eigenvalue weighted by molar-refractivity contribution is 0.524. The molecule has 0 heteroatoms. The summed E-state index contributed by atoms with van der Waals surface area (Å²) in [5.74, 6) is 0. The van der Waals surface area contributed by atoms with E-state index in [1.54, 1.807) is 0 Å². The van der Waals surface area contributed by atoms with Crippen molar-refractivity contribution < 1.29 is 0 Å². The molecule has 1 aliphatic carbocycles. The minimum atomic E-state index is 1.23. The van der Waals surface area contributed by atoms with E-state index in [1.807, 2.05) is 0 Å². The lowest BCUT2D eigenvalue weighted by Gasteiger charge is -2.04. The van der Waals surface area contributed by atoms with E-state index < -0.39 is 0 Å². The molecule has 0 atom stereocenters. The summed E-state index contributed by atoms with van der Waals surface area (Å²) in [5.41, 5.74) is 0. The Morgan fingerprint density at radius 2 is 0.429 bits per heavy atom. The van der Waals surface area contributed by atoms with Crippen molar-refractivity contribution >= 4 is 0 Å². The van der Waals surface area contributed by atoms with Gasteiger partial charge in [0.05, 0.1) is 0 Å². The molecule has 0 saturated heterocycles. The van der Waals surface area contributed by atoms with Gasteiger partial charge in [0.2, 0.25) is 0 Å².